The minimum atomic E-state index is -0.522. The van der Waals surface area contributed by atoms with E-state index in [9.17, 15) is 9.59 Å². The molecule has 2 heterocycles. The van der Waals surface area contributed by atoms with E-state index in [2.05, 4.69) is 26.8 Å². The highest BCUT2D eigenvalue weighted by Crippen LogP contribution is 2.27. The molecule has 2 aromatic heterocycles. The Morgan fingerprint density at radius 2 is 1.71 bits per heavy atom. The van der Waals surface area contributed by atoms with Crippen LogP contribution in [-0.4, -0.2) is 11.8 Å². The summed E-state index contributed by atoms with van der Waals surface area (Å²) in [6.07, 6.45) is 0. The van der Waals surface area contributed by atoms with Gasteiger partial charge in [-0.3, -0.25) is 20.4 Å². The highest BCUT2D eigenvalue weighted by atomic mass is 79.9. The Morgan fingerprint density at radius 3 is 2.38 bits per heavy atom. The van der Waals surface area contributed by atoms with Crippen molar-refractivity contribution in [2.45, 2.75) is 20.8 Å². The van der Waals surface area contributed by atoms with Crippen LogP contribution in [0.4, 0.5) is 0 Å². The fourth-order valence-corrected chi connectivity index (χ4v) is 2.86. The monoisotopic (exact) mass is 390 g/mol. The van der Waals surface area contributed by atoms with Crippen molar-refractivity contribution in [2.24, 2.45) is 0 Å². The number of hydrogen-bond donors (Lipinski definition) is 2. The van der Waals surface area contributed by atoms with E-state index >= 15 is 0 Å². The number of nitrogens with one attached hydrogen (secondary N) is 2. The van der Waals surface area contributed by atoms with Gasteiger partial charge < -0.3 is 8.83 Å². The summed E-state index contributed by atoms with van der Waals surface area (Å²) >= 11 is 3.39. The van der Waals surface area contributed by atoms with Crippen LogP contribution in [0, 0.1) is 20.8 Å². The Kier molecular flexibility index (Phi) is 4.19. The molecule has 2 N–H and O–H groups in total. The molecule has 0 bridgehead atoms. The fraction of sp³-hybridized carbons (Fsp3) is 0.176. The molecule has 0 radical (unpaired) electrons. The summed E-state index contributed by atoms with van der Waals surface area (Å²) in [5.41, 5.74) is 6.41. The van der Waals surface area contributed by atoms with Crippen molar-refractivity contribution >= 4 is 38.7 Å². The van der Waals surface area contributed by atoms with E-state index in [4.69, 9.17) is 8.83 Å². The first-order valence-corrected chi connectivity index (χ1v) is 8.02. The number of carbonyl (C=O) groups is 2. The lowest BCUT2D eigenvalue weighted by Gasteiger charge is -2.05. The molecular formula is C17H15BrN2O4. The van der Waals surface area contributed by atoms with Gasteiger partial charge in [-0.15, -0.1) is 0 Å². The number of hydrogen-bond acceptors (Lipinski definition) is 4. The molecule has 124 valence electrons. The zero-order valence-corrected chi connectivity index (χ0v) is 14.9. The number of benzene rings is 1. The van der Waals surface area contributed by atoms with Crippen LogP contribution in [-0.2, 0) is 0 Å². The van der Waals surface area contributed by atoms with Gasteiger partial charge in [0.15, 0.2) is 5.76 Å². The van der Waals surface area contributed by atoms with Crippen LogP contribution in [0.15, 0.2) is 37.6 Å². The normalized spacial score (nSPS) is 10.8. The Labute approximate surface area is 146 Å². The number of halogens is 1. The van der Waals surface area contributed by atoms with E-state index in [1.54, 1.807) is 32.9 Å². The second-order valence-electron chi connectivity index (χ2n) is 5.43. The van der Waals surface area contributed by atoms with Gasteiger partial charge in [-0.1, -0.05) is 15.9 Å². The molecule has 7 heteroatoms. The third kappa shape index (κ3) is 2.94. The van der Waals surface area contributed by atoms with Gasteiger partial charge in [0.05, 0.1) is 5.56 Å². The highest BCUT2D eigenvalue weighted by molar-refractivity contribution is 9.10. The molecule has 0 aliphatic carbocycles. The number of fused-ring (bicyclic) bond motifs is 1. The lowest BCUT2D eigenvalue weighted by molar-refractivity contribution is 0.0830. The molecule has 3 rings (SSSR count). The lowest BCUT2D eigenvalue weighted by Crippen LogP contribution is -2.41. The molecular weight excluding hydrogens is 376 g/mol. The summed E-state index contributed by atoms with van der Waals surface area (Å²) in [4.78, 5) is 24.4. The first-order chi connectivity index (χ1) is 11.4. The van der Waals surface area contributed by atoms with Crippen LogP contribution in [0.1, 0.15) is 38.0 Å². The second kappa shape index (κ2) is 6.16. The first kappa shape index (κ1) is 16.3. The van der Waals surface area contributed by atoms with Gasteiger partial charge in [0.1, 0.15) is 17.1 Å². The van der Waals surface area contributed by atoms with Crippen molar-refractivity contribution in [1.29, 1.82) is 0 Å². The molecule has 0 unspecified atom stereocenters. The van der Waals surface area contributed by atoms with Gasteiger partial charge in [0.2, 0.25) is 0 Å². The highest BCUT2D eigenvalue weighted by Gasteiger charge is 2.19. The third-order valence-corrected chi connectivity index (χ3v) is 4.17. The Morgan fingerprint density at radius 1 is 1.00 bits per heavy atom. The first-order valence-electron chi connectivity index (χ1n) is 7.23. The van der Waals surface area contributed by atoms with Gasteiger partial charge in [-0.25, -0.2) is 0 Å². The second-order valence-corrected chi connectivity index (χ2v) is 6.35. The quantitative estimate of drug-likeness (QED) is 0.651. The molecule has 0 spiro atoms. The van der Waals surface area contributed by atoms with Crippen molar-refractivity contribution in [3.63, 3.8) is 0 Å². The lowest BCUT2D eigenvalue weighted by atomic mass is 10.1. The minimum absolute atomic E-state index is 0.156. The van der Waals surface area contributed by atoms with E-state index in [1.807, 2.05) is 12.1 Å². The van der Waals surface area contributed by atoms with Crippen LogP contribution >= 0.6 is 15.9 Å². The molecule has 0 fully saturated rings. The van der Waals surface area contributed by atoms with E-state index in [0.29, 0.717) is 28.2 Å². The molecule has 6 nitrogen and oxygen atoms in total. The molecule has 0 saturated carbocycles. The Balaban J connectivity index is 1.77. The van der Waals surface area contributed by atoms with Crippen LogP contribution < -0.4 is 10.9 Å². The number of hydrazine groups is 1. The number of aryl methyl sites for hydroxylation is 3. The third-order valence-electron chi connectivity index (χ3n) is 3.68. The number of furan rings is 2. The minimum Gasteiger partial charge on any atom is -0.466 e. The van der Waals surface area contributed by atoms with Crippen molar-refractivity contribution in [3.05, 3.63) is 57.1 Å². The van der Waals surface area contributed by atoms with Crippen molar-refractivity contribution in [2.75, 3.05) is 0 Å². The zero-order valence-electron chi connectivity index (χ0n) is 13.3. The van der Waals surface area contributed by atoms with Crippen molar-refractivity contribution in [3.8, 4) is 0 Å². The predicted octanol–water partition coefficient (Wildman–Crippen LogP) is 3.79. The predicted molar refractivity (Wildman–Crippen MR) is 91.8 cm³/mol. The van der Waals surface area contributed by atoms with Gasteiger partial charge in [0, 0.05) is 15.4 Å². The fourth-order valence-electron chi connectivity index (χ4n) is 2.50. The maximum absolute atomic E-state index is 12.3. The zero-order chi connectivity index (χ0) is 17.4. The summed E-state index contributed by atoms with van der Waals surface area (Å²) in [5, 5.41) is 0.835. The maximum Gasteiger partial charge on any atom is 0.305 e. The molecule has 0 saturated heterocycles. The molecule has 0 atom stereocenters. The van der Waals surface area contributed by atoms with E-state index in [0.717, 1.165) is 9.86 Å². The Hall–Kier alpha value is -2.54. The molecule has 3 aromatic rings. The molecule has 1 aromatic carbocycles. The number of carbonyl (C=O) groups excluding carboxylic acids is 2. The summed E-state index contributed by atoms with van der Waals surface area (Å²) < 4.78 is 11.8. The Bertz CT molecular complexity index is 955. The largest absolute Gasteiger partial charge is 0.466 e. The molecule has 0 aliphatic rings. The maximum atomic E-state index is 12.3. The standard InChI is InChI=1S/C17H15BrN2O4/c1-8-6-13(10(3)23-8)16(21)19-20-17(22)15-9(2)12-7-11(18)4-5-14(12)24-15/h4-7H,1-3H3,(H,19,21)(H,20,22). The number of rotatable bonds is 2. The molecule has 0 aliphatic heterocycles. The summed E-state index contributed by atoms with van der Waals surface area (Å²) in [5.74, 6) is 0.301. The van der Waals surface area contributed by atoms with E-state index < -0.39 is 11.8 Å². The van der Waals surface area contributed by atoms with E-state index in [-0.39, 0.29) is 5.76 Å². The topological polar surface area (TPSA) is 84.5 Å². The van der Waals surface area contributed by atoms with Gasteiger partial charge in [-0.05, 0) is 45.0 Å². The van der Waals surface area contributed by atoms with Gasteiger partial charge in [-0.2, -0.15) is 0 Å². The van der Waals surface area contributed by atoms with Crippen LogP contribution in [0.5, 0.6) is 0 Å². The average Bonchev–Trinajstić information content (AvgIpc) is 3.04. The van der Waals surface area contributed by atoms with Crippen molar-refractivity contribution in [1.82, 2.24) is 10.9 Å². The summed E-state index contributed by atoms with van der Waals surface area (Å²) in [6, 6.07) is 7.10. The van der Waals surface area contributed by atoms with Gasteiger partial charge in [0.25, 0.3) is 5.91 Å². The SMILES string of the molecule is Cc1cc(C(=O)NNC(=O)c2oc3ccc(Br)cc3c2C)c(C)o1. The van der Waals surface area contributed by atoms with E-state index in [1.165, 1.54) is 0 Å². The number of amides is 2. The summed E-state index contributed by atoms with van der Waals surface area (Å²) in [7, 11) is 0. The van der Waals surface area contributed by atoms with Crippen LogP contribution in [0.3, 0.4) is 0 Å². The summed E-state index contributed by atoms with van der Waals surface area (Å²) in [6.45, 7) is 5.22. The van der Waals surface area contributed by atoms with Crippen molar-refractivity contribution < 1.29 is 18.4 Å². The molecule has 2 amide bonds. The van der Waals surface area contributed by atoms with Crippen LogP contribution in [0.25, 0.3) is 11.0 Å². The van der Waals surface area contributed by atoms with Gasteiger partial charge >= 0.3 is 5.91 Å². The average molecular weight is 391 g/mol. The smallest absolute Gasteiger partial charge is 0.305 e. The van der Waals surface area contributed by atoms with Crippen LogP contribution in [0.2, 0.25) is 0 Å². The molecule has 24 heavy (non-hydrogen) atoms.